The maximum absolute atomic E-state index is 5.07. The SMILES string of the molecule is CCC(C)Sc1cc2nc(c1)CN[C@@H]1CCCC[C@H]1NCCN[C@@H]1CCCC[C@H]1NC2. The number of hydrogen-bond acceptors (Lipinski definition) is 6. The summed E-state index contributed by atoms with van der Waals surface area (Å²) in [7, 11) is 0. The molecule has 0 amide bonds. The van der Waals surface area contributed by atoms with E-state index in [4.69, 9.17) is 4.98 Å². The molecule has 2 bridgehead atoms. The van der Waals surface area contributed by atoms with E-state index in [2.05, 4.69) is 47.2 Å². The van der Waals surface area contributed by atoms with Gasteiger partial charge in [-0.3, -0.25) is 4.98 Å². The van der Waals surface area contributed by atoms with E-state index in [1.54, 1.807) is 0 Å². The Hall–Kier alpha value is -0.660. The maximum Gasteiger partial charge on any atom is 0.0556 e. The van der Waals surface area contributed by atoms with Gasteiger partial charge >= 0.3 is 0 Å². The highest BCUT2D eigenvalue weighted by Crippen LogP contribution is 2.27. The second kappa shape index (κ2) is 12.0. The van der Waals surface area contributed by atoms with Gasteiger partial charge in [-0.15, -0.1) is 11.8 Å². The third kappa shape index (κ3) is 6.91. The van der Waals surface area contributed by atoms with Crippen molar-refractivity contribution in [3.8, 4) is 0 Å². The van der Waals surface area contributed by atoms with Crippen LogP contribution in [0.2, 0.25) is 0 Å². The molecule has 5 nitrogen and oxygen atoms in total. The van der Waals surface area contributed by atoms with Gasteiger partial charge in [-0.05, 0) is 44.2 Å². The van der Waals surface area contributed by atoms with Gasteiger partial charge in [-0.1, -0.05) is 39.5 Å². The number of rotatable bonds is 3. The molecule has 0 saturated heterocycles. The molecule has 0 spiro atoms. The normalized spacial score (nSPS) is 31.5. The number of hydrogen-bond donors (Lipinski definition) is 4. The third-order valence-corrected chi connectivity index (χ3v) is 8.62. The Morgan fingerprint density at radius 2 is 1.26 bits per heavy atom. The Kier molecular flexibility index (Phi) is 9.08. The zero-order valence-electron chi connectivity index (χ0n) is 19.6. The zero-order valence-corrected chi connectivity index (χ0v) is 20.4. The Bertz CT molecular complexity index is 636. The largest absolute Gasteiger partial charge is 0.311 e. The van der Waals surface area contributed by atoms with Crippen LogP contribution in [0.1, 0.15) is 83.0 Å². The van der Waals surface area contributed by atoms with Gasteiger partial charge in [-0.25, -0.2) is 0 Å². The quantitative estimate of drug-likeness (QED) is 0.528. The molecule has 4 N–H and O–H groups in total. The molecule has 4 rings (SSSR count). The van der Waals surface area contributed by atoms with E-state index in [9.17, 15) is 0 Å². The van der Waals surface area contributed by atoms with E-state index < -0.39 is 0 Å². The smallest absolute Gasteiger partial charge is 0.0556 e. The van der Waals surface area contributed by atoms with Crippen molar-refractivity contribution in [2.24, 2.45) is 0 Å². The molecule has 1 unspecified atom stereocenters. The maximum atomic E-state index is 5.07. The minimum absolute atomic E-state index is 0.551. The predicted octanol–water partition coefficient (Wildman–Crippen LogP) is 3.97. The molecule has 2 aliphatic carbocycles. The van der Waals surface area contributed by atoms with E-state index in [1.165, 1.54) is 74.1 Å². The molecular weight excluding hydrogens is 402 g/mol. The number of fused-ring (bicyclic) bond motifs is 4. The van der Waals surface area contributed by atoms with Crippen LogP contribution in [0, 0.1) is 0 Å². The fourth-order valence-electron chi connectivity index (χ4n) is 5.41. The molecule has 174 valence electrons. The minimum Gasteiger partial charge on any atom is -0.311 e. The van der Waals surface area contributed by atoms with Crippen LogP contribution in [-0.4, -0.2) is 47.5 Å². The fraction of sp³-hybridized carbons (Fsp3) is 0.800. The molecule has 6 heteroatoms. The second-order valence-electron chi connectivity index (χ2n) is 9.79. The van der Waals surface area contributed by atoms with Crippen molar-refractivity contribution in [3.63, 3.8) is 0 Å². The summed E-state index contributed by atoms with van der Waals surface area (Å²) in [5.41, 5.74) is 2.39. The molecule has 1 aliphatic heterocycles. The molecule has 0 aromatic carbocycles. The van der Waals surface area contributed by atoms with Crippen LogP contribution < -0.4 is 21.3 Å². The van der Waals surface area contributed by atoms with Crippen LogP contribution in [0.4, 0.5) is 0 Å². The first-order valence-electron chi connectivity index (χ1n) is 12.8. The number of thioether (sulfide) groups is 1. The van der Waals surface area contributed by atoms with Gasteiger partial charge in [0.15, 0.2) is 0 Å². The van der Waals surface area contributed by atoms with E-state index >= 15 is 0 Å². The van der Waals surface area contributed by atoms with Crippen molar-refractivity contribution in [2.75, 3.05) is 13.1 Å². The van der Waals surface area contributed by atoms with Crippen molar-refractivity contribution in [2.45, 2.75) is 119 Å². The van der Waals surface area contributed by atoms with Gasteiger partial charge in [0.2, 0.25) is 0 Å². The van der Waals surface area contributed by atoms with Gasteiger partial charge in [0.05, 0.1) is 11.4 Å². The van der Waals surface area contributed by atoms with Crippen molar-refractivity contribution in [1.29, 1.82) is 0 Å². The highest BCUT2D eigenvalue weighted by Gasteiger charge is 2.27. The summed E-state index contributed by atoms with van der Waals surface area (Å²) in [6, 6.07) is 6.91. The van der Waals surface area contributed by atoms with Crippen molar-refractivity contribution >= 4 is 11.8 Å². The molecule has 31 heavy (non-hydrogen) atoms. The van der Waals surface area contributed by atoms with Crippen LogP contribution in [-0.2, 0) is 13.1 Å². The van der Waals surface area contributed by atoms with Crippen LogP contribution in [0.25, 0.3) is 0 Å². The van der Waals surface area contributed by atoms with Gasteiger partial charge in [0, 0.05) is 60.5 Å². The minimum atomic E-state index is 0.551. The highest BCUT2D eigenvalue weighted by atomic mass is 32.2. The number of nitrogens with zero attached hydrogens (tertiary/aromatic N) is 1. The van der Waals surface area contributed by atoms with Gasteiger partial charge in [0.1, 0.15) is 0 Å². The van der Waals surface area contributed by atoms with Crippen molar-refractivity contribution in [1.82, 2.24) is 26.3 Å². The van der Waals surface area contributed by atoms with Gasteiger partial charge in [-0.2, -0.15) is 0 Å². The first-order chi connectivity index (χ1) is 15.2. The Morgan fingerprint density at radius 1 is 0.806 bits per heavy atom. The van der Waals surface area contributed by atoms with E-state index in [-0.39, 0.29) is 0 Å². The standard InChI is InChI=1S/C25H43N5S/c1-3-18(2)31-21-14-19-16-28-24-10-6-4-8-22(24)26-12-13-27-23-9-5-7-11-25(23)29-17-20(15-21)30-19/h14-15,18,22-29H,3-13,16-17H2,1-2H3/t18?,22-,23-,24-,25-/m1/s1. The Morgan fingerprint density at radius 3 is 1.71 bits per heavy atom. The first kappa shape index (κ1) is 23.5. The van der Waals surface area contributed by atoms with Gasteiger partial charge in [0.25, 0.3) is 0 Å². The Balaban J connectivity index is 1.54. The monoisotopic (exact) mass is 445 g/mol. The van der Waals surface area contributed by atoms with Crippen LogP contribution >= 0.6 is 11.8 Å². The molecule has 1 aromatic heterocycles. The van der Waals surface area contributed by atoms with Crippen molar-refractivity contribution < 1.29 is 0 Å². The van der Waals surface area contributed by atoms with Crippen molar-refractivity contribution in [3.05, 3.63) is 23.5 Å². The zero-order chi connectivity index (χ0) is 21.5. The molecule has 2 fully saturated rings. The lowest BCUT2D eigenvalue weighted by Gasteiger charge is -2.34. The highest BCUT2D eigenvalue weighted by molar-refractivity contribution is 7.99. The second-order valence-corrected chi connectivity index (χ2v) is 11.3. The average Bonchev–Trinajstić information content (AvgIpc) is 2.80. The summed E-state index contributed by atoms with van der Waals surface area (Å²) in [5.74, 6) is 0. The van der Waals surface area contributed by atoms with Crippen LogP contribution in [0.3, 0.4) is 0 Å². The number of pyridine rings is 1. The topological polar surface area (TPSA) is 61.0 Å². The van der Waals surface area contributed by atoms with E-state index in [0.29, 0.717) is 29.4 Å². The lowest BCUT2D eigenvalue weighted by atomic mass is 9.89. The van der Waals surface area contributed by atoms with E-state index in [0.717, 1.165) is 26.2 Å². The molecule has 0 radical (unpaired) electrons. The molecule has 2 heterocycles. The van der Waals surface area contributed by atoms with Crippen LogP contribution in [0.15, 0.2) is 17.0 Å². The lowest BCUT2D eigenvalue weighted by molar-refractivity contribution is 0.266. The first-order valence-corrected chi connectivity index (χ1v) is 13.7. The molecule has 3 aliphatic rings. The third-order valence-electron chi connectivity index (χ3n) is 7.38. The lowest BCUT2D eigenvalue weighted by Crippen LogP contribution is -2.53. The Labute approximate surface area is 193 Å². The van der Waals surface area contributed by atoms with Crippen LogP contribution in [0.5, 0.6) is 0 Å². The fourth-order valence-corrected chi connectivity index (χ4v) is 6.45. The predicted molar refractivity (Wildman–Crippen MR) is 132 cm³/mol. The molecule has 5 atom stereocenters. The molecule has 2 saturated carbocycles. The molecule has 1 aromatic rings. The van der Waals surface area contributed by atoms with E-state index in [1.807, 2.05) is 11.8 Å². The number of nitrogens with one attached hydrogen (secondary N) is 4. The average molecular weight is 446 g/mol. The molecular formula is C25H43N5S. The summed E-state index contributed by atoms with van der Waals surface area (Å²) in [6.07, 6.45) is 11.7. The summed E-state index contributed by atoms with van der Waals surface area (Å²) in [4.78, 5) is 6.45. The summed E-state index contributed by atoms with van der Waals surface area (Å²) in [6.45, 7) is 8.47. The number of aromatic nitrogens is 1. The summed E-state index contributed by atoms with van der Waals surface area (Å²) < 4.78 is 0. The summed E-state index contributed by atoms with van der Waals surface area (Å²) in [5, 5.41) is 16.1. The van der Waals surface area contributed by atoms with Gasteiger partial charge < -0.3 is 21.3 Å². The summed E-state index contributed by atoms with van der Waals surface area (Å²) >= 11 is 1.99.